The van der Waals surface area contributed by atoms with Gasteiger partial charge in [-0.2, -0.15) is 0 Å². The maximum Gasteiger partial charge on any atom is 0.341 e. The molecule has 1 amide bonds. The van der Waals surface area contributed by atoms with Crippen molar-refractivity contribution in [3.05, 3.63) is 24.3 Å². The van der Waals surface area contributed by atoms with Crippen molar-refractivity contribution in [1.29, 1.82) is 0 Å². The maximum atomic E-state index is 11.2. The highest BCUT2D eigenvalue weighted by atomic mass is 16.5. The first-order valence-corrected chi connectivity index (χ1v) is 4.80. The zero-order chi connectivity index (χ0) is 12.7. The molecule has 0 spiro atoms. The van der Waals surface area contributed by atoms with Crippen molar-refractivity contribution in [3.63, 3.8) is 0 Å². The van der Waals surface area contributed by atoms with E-state index in [0.29, 0.717) is 11.4 Å². The van der Waals surface area contributed by atoms with Crippen molar-refractivity contribution in [3.8, 4) is 18.1 Å². The van der Waals surface area contributed by atoms with Gasteiger partial charge in [0, 0.05) is 11.8 Å². The van der Waals surface area contributed by atoms with E-state index in [4.69, 9.17) is 16.3 Å². The van der Waals surface area contributed by atoms with Gasteiger partial charge in [0.2, 0.25) is 5.91 Å². The minimum Gasteiger partial charge on any atom is -0.482 e. The van der Waals surface area contributed by atoms with Crippen LogP contribution < -0.4 is 10.1 Å². The molecule has 1 aromatic rings. The Morgan fingerprint density at radius 3 is 2.88 bits per heavy atom. The lowest BCUT2D eigenvalue weighted by atomic mass is 10.3. The second-order valence-electron chi connectivity index (χ2n) is 3.14. The van der Waals surface area contributed by atoms with E-state index in [1.54, 1.807) is 18.2 Å². The third-order valence-electron chi connectivity index (χ3n) is 1.74. The summed E-state index contributed by atoms with van der Waals surface area (Å²) in [6, 6.07) is 6.42. The summed E-state index contributed by atoms with van der Waals surface area (Å²) < 4.78 is 4.96. The zero-order valence-electron chi connectivity index (χ0n) is 8.97. The number of rotatable bonds is 5. The van der Waals surface area contributed by atoms with E-state index >= 15 is 0 Å². The predicted molar refractivity (Wildman–Crippen MR) is 61.7 cm³/mol. The molecule has 0 saturated heterocycles. The number of nitrogens with one attached hydrogen (secondary N) is 1. The molecule has 88 valence electrons. The van der Waals surface area contributed by atoms with Crippen LogP contribution in [0.1, 0.15) is 6.42 Å². The molecule has 2 N–H and O–H groups in total. The Balaban J connectivity index is 2.63. The summed E-state index contributed by atoms with van der Waals surface area (Å²) in [6.07, 6.45) is 4.98. The first kappa shape index (κ1) is 12.6. The lowest BCUT2D eigenvalue weighted by molar-refractivity contribution is -0.139. The molecule has 0 aliphatic rings. The Morgan fingerprint density at radius 2 is 2.24 bits per heavy atom. The molecule has 0 radical (unpaired) electrons. The number of hydrogen-bond acceptors (Lipinski definition) is 3. The maximum absolute atomic E-state index is 11.2. The molecule has 0 aliphatic carbocycles. The monoisotopic (exact) mass is 233 g/mol. The van der Waals surface area contributed by atoms with E-state index in [0.717, 1.165) is 0 Å². The van der Waals surface area contributed by atoms with E-state index in [9.17, 15) is 9.59 Å². The predicted octanol–water partition coefficient (Wildman–Crippen LogP) is 1.11. The van der Waals surface area contributed by atoms with Gasteiger partial charge in [0.1, 0.15) is 5.75 Å². The molecule has 0 fully saturated rings. The normalized spacial score (nSPS) is 9.12. The number of anilines is 1. The Kier molecular flexibility index (Phi) is 4.58. The Morgan fingerprint density at radius 1 is 1.47 bits per heavy atom. The second-order valence-corrected chi connectivity index (χ2v) is 3.14. The number of amides is 1. The molecule has 1 aromatic carbocycles. The number of aliphatic carboxylic acids is 1. The van der Waals surface area contributed by atoms with E-state index < -0.39 is 12.6 Å². The second kappa shape index (κ2) is 6.18. The average molecular weight is 233 g/mol. The molecule has 5 heteroatoms. The zero-order valence-corrected chi connectivity index (χ0v) is 8.97. The molecule has 0 saturated carbocycles. The van der Waals surface area contributed by atoms with Gasteiger partial charge in [-0.25, -0.2) is 4.79 Å². The van der Waals surface area contributed by atoms with Gasteiger partial charge in [0.05, 0.1) is 6.42 Å². The number of carboxylic acids is 1. The van der Waals surface area contributed by atoms with Crippen LogP contribution in [0.25, 0.3) is 0 Å². The van der Waals surface area contributed by atoms with E-state index in [1.807, 2.05) is 0 Å². The van der Waals surface area contributed by atoms with Crippen LogP contribution in [-0.2, 0) is 9.59 Å². The van der Waals surface area contributed by atoms with E-state index in [2.05, 4.69) is 11.2 Å². The van der Waals surface area contributed by atoms with E-state index in [-0.39, 0.29) is 12.3 Å². The quantitative estimate of drug-likeness (QED) is 0.747. The van der Waals surface area contributed by atoms with Crippen LogP contribution in [0.3, 0.4) is 0 Å². The molecule has 0 aliphatic heterocycles. The average Bonchev–Trinajstić information content (AvgIpc) is 2.27. The van der Waals surface area contributed by atoms with Gasteiger partial charge in [-0.15, -0.1) is 6.42 Å². The number of ether oxygens (including phenoxy) is 1. The summed E-state index contributed by atoms with van der Waals surface area (Å²) in [4.78, 5) is 21.5. The first-order chi connectivity index (χ1) is 8.11. The smallest absolute Gasteiger partial charge is 0.341 e. The molecule has 0 atom stereocenters. The lowest BCUT2D eigenvalue weighted by Gasteiger charge is -2.06. The van der Waals surface area contributed by atoms with Crippen LogP contribution in [-0.4, -0.2) is 23.6 Å². The molecule has 0 heterocycles. The Labute approximate surface area is 98.4 Å². The Hall–Kier alpha value is -2.48. The van der Waals surface area contributed by atoms with Gasteiger partial charge in [-0.05, 0) is 12.1 Å². The molecular formula is C12H11NO4. The van der Waals surface area contributed by atoms with Crippen LogP contribution >= 0.6 is 0 Å². The van der Waals surface area contributed by atoms with Crippen molar-refractivity contribution >= 4 is 17.6 Å². The third-order valence-corrected chi connectivity index (χ3v) is 1.74. The minimum atomic E-state index is -1.06. The van der Waals surface area contributed by atoms with Crippen LogP contribution in [0.2, 0.25) is 0 Å². The van der Waals surface area contributed by atoms with Crippen molar-refractivity contribution in [2.45, 2.75) is 6.42 Å². The number of carbonyl (C=O) groups is 2. The minimum absolute atomic E-state index is 0.0137. The largest absolute Gasteiger partial charge is 0.482 e. The Bertz CT molecular complexity index is 462. The van der Waals surface area contributed by atoms with Gasteiger partial charge in [-0.1, -0.05) is 12.0 Å². The van der Waals surface area contributed by atoms with Gasteiger partial charge >= 0.3 is 5.97 Å². The van der Waals surface area contributed by atoms with Gasteiger partial charge in [0.15, 0.2) is 6.61 Å². The fourth-order valence-corrected chi connectivity index (χ4v) is 1.11. The third kappa shape index (κ3) is 4.71. The molecule has 0 bridgehead atoms. The molecule has 17 heavy (non-hydrogen) atoms. The molecule has 0 aromatic heterocycles. The summed E-state index contributed by atoms with van der Waals surface area (Å²) in [6.45, 7) is -0.429. The SMILES string of the molecule is C#CCC(=O)Nc1cccc(OCC(=O)O)c1. The van der Waals surface area contributed by atoms with Gasteiger partial charge in [-0.3, -0.25) is 4.79 Å². The highest BCUT2D eigenvalue weighted by Crippen LogP contribution is 2.17. The molecule has 1 rings (SSSR count). The number of benzene rings is 1. The molecular weight excluding hydrogens is 222 g/mol. The van der Waals surface area contributed by atoms with Crippen molar-refractivity contribution in [2.24, 2.45) is 0 Å². The van der Waals surface area contributed by atoms with Crippen LogP contribution in [0.5, 0.6) is 5.75 Å². The number of terminal acetylenes is 1. The number of carbonyl (C=O) groups excluding carboxylic acids is 1. The van der Waals surface area contributed by atoms with Crippen molar-refractivity contribution < 1.29 is 19.4 Å². The van der Waals surface area contributed by atoms with Gasteiger partial charge in [0.25, 0.3) is 0 Å². The van der Waals surface area contributed by atoms with Crippen molar-refractivity contribution in [1.82, 2.24) is 0 Å². The summed E-state index contributed by atoms with van der Waals surface area (Å²) in [5, 5.41) is 11.0. The first-order valence-electron chi connectivity index (χ1n) is 4.80. The van der Waals surface area contributed by atoms with Crippen LogP contribution in [0.15, 0.2) is 24.3 Å². The van der Waals surface area contributed by atoms with E-state index in [1.165, 1.54) is 6.07 Å². The van der Waals surface area contributed by atoms with Crippen molar-refractivity contribution in [2.75, 3.05) is 11.9 Å². The molecule has 0 unspecified atom stereocenters. The lowest BCUT2D eigenvalue weighted by Crippen LogP contribution is -2.11. The summed E-state index contributed by atoms with van der Waals surface area (Å²) in [7, 11) is 0. The summed E-state index contributed by atoms with van der Waals surface area (Å²) in [5.41, 5.74) is 0.508. The fourth-order valence-electron chi connectivity index (χ4n) is 1.11. The molecule has 5 nitrogen and oxygen atoms in total. The highest BCUT2D eigenvalue weighted by Gasteiger charge is 2.03. The number of hydrogen-bond donors (Lipinski definition) is 2. The van der Waals surface area contributed by atoms with Crippen LogP contribution in [0.4, 0.5) is 5.69 Å². The number of carboxylic acid groups (broad SMARTS) is 1. The van der Waals surface area contributed by atoms with Gasteiger partial charge < -0.3 is 15.2 Å². The fraction of sp³-hybridized carbons (Fsp3) is 0.167. The summed E-state index contributed by atoms with van der Waals surface area (Å²) >= 11 is 0. The summed E-state index contributed by atoms with van der Waals surface area (Å²) in [5.74, 6) is 1.22. The highest BCUT2D eigenvalue weighted by molar-refractivity contribution is 5.92. The van der Waals surface area contributed by atoms with Crippen LogP contribution in [0, 0.1) is 12.3 Å². The standard InChI is InChI=1S/C12H11NO4/c1-2-4-11(14)13-9-5-3-6-10(7-9)17-8-12(15)16/h1,3,5-7H,4,8H2,(H,13,14)(H,15,16). The topological polar surface area (TPSA) is 75.6 Å².